The molecule has 13 heteroatoms. The van der Waals surface area contributed by atoms with E-state index < -0.39 is 11.6 Å². The van der Waals surface area contributed by atoms with Crippen molar-refractivity contribution >= 4 is 35.3 Å². The highest BCUT2D eigenvalue weighted by Gasteiger charge is 2.71. The lowest BCUT2D eigenvalue weighted by Gasteiger charge is -2.71. The van der Waals surface area contributed by atoms with E-state index >= 15 is 0 Å². The first-order valence-electron chi connectivity index (χ1n) is 17.4. The van der Waals surface area contributed by atoms with Gasteiger partial charge in [-0.2, -0.15) is 0 Å². The number of hydrogen-bond donors (Lipinski definition) is 5. The van der Waals surface area contributed by atoms with E-state index in [1.54, 1.807) is 48.7 Å². The molecule has 3 saturated carbocycles. The number of aliphatic hydroxyl groups is 1. The first-order valence-corrected chi connectivity index (χ1v) is 17.4. The van der Waals surface area contributed by atoms with E-state index in [9.17, 15) is 9.90 Å². The van der Waals surface area contributed by atoms with E-state index in [-0.39, 0.29) is 28.6 Å². The summed E-state index contributed by atoms with van der Waals surface area (Å²) < 4.78 is 5.62. The number of aliphatic imine (C=N–C) groups is 1. The van der Waals surface area contributed by atoms with Crippen LogP contribution >= 0.6 is 0 Å². The quantitative estimate of drug-likeness (QED) is 0.137. The predicted octanol–water partition coefficient (Wildman–Crippen LogP) is 3.04. The number of rotatable bonds is 11. The van der Waals surface area contributed by atoms with Crippen molar-refractivity contribution in [2.45, 2.75) is 64.7 Å². The van der Waals surface area contributed by atoms with Crippen LogP contribution < -0.4 is 20.7 Å². The number of β-amino-alcohol motifs (C(OH)–C–C–N with tert-alkyl or cyclic N) is 1. The van der Waals surface area contributed by atoms with Crippen LogP contribution in [0.25, 0.3) is 0 Å². The molecule has 5 fully saturated rings. The highest BCUT2D eigenvalue weighted by Crippen LogP contribution is 2.77. The lowest BCUT2D eigenvalue weighted by molar-refractivity contribution is -0.128. The molecule has 3 aliphatic heterocycles. The third-order valence-corrected chi connectivity index (χ3v) is 11.4. The van der Waals surface area contributed by atoms with Crippen molar-refractivity contribution in [1.82, 2.24) is 25.1 Å². The number of hydrogen-bond acceptors (Lipinski definition) is 10. The zero-order valence-corrected chi connectivity index (χ0v) is 28.7. The number of nitrogens with one attached hydrogen (secondary N) is 3. The fourth-order valence-corrected chi connectivity index (χ4v) is 8.75. The molecule has 2 saturated heterocycles. The number of carbonyl (C=O) groups excluding carboxylic acids is 1. The van der Waals surface area contributed by atoms with Crippen LogP contribution in [0.15, 0.2) is 47.1 Å². The zero-order chi connectivity index (χ0) is 34.6. The van der Waals surface area contributed by atoms with Gasteiger partial charge >= 0.3 is 0 Å². The zero-order valence-electron chi connectivity index (χ0n) is 28.7. The smallest absolute Gasteiger partial charge is 0.235 e. The molecule has 6 N–H and O–H groups in total. The maximum absolute atomic E-state index is 14.0. The maximum atomic E-state index is 14.0. The molecule has 1 spiro atoms. The number of anilines is 2. The molecular formula is C36H48N10O3. The molecule has 2 aromatic rings. The topological polar surface area (TPSA) is 180 Å². The molecule has 1 unspecified atom stereocenters. The van der Waals surface area contributed by atoms with Crippen LogP contribution in [0.1, 0.15) is 63.6 Å². The van der Waals surface area contributed by atoms with Crippen LogP contribution in [0.3, 0.4) is 0 Å². The van der Waals surface area contributed by atoms with Crippen LogP contribution in [-0.2, 0) is 4.79 Å². The molecular weight excluding hydrogens is 620 g/mol. The SMILES string of the molecule is CN/C=N\C(=N)C12CC(C3=CCN(C(O)CN4CC[C@]5(CCN(c6ccc(N)c(C(=N)c7ccc(OC(C)C)nc7)n6)C5=O)C4)CC3)(C1)C2. The van der Waals surface area contributed by atoms with E-state index in [0.29, 0.717) is 54.1 Å². The normalized spacial score (nSPS) is 28.9. The second-order valence-electron chi connectivity index (χ2n) is 14.9. The number of aliphatic hydroxyl groups excluding tert-OH is 1. The number of aromatic nitrogens is 2. The molecule has 8 rings (SSSR count). The number of pyridine rings is 2. The van der Waals surface area contributed by atoms with Crippen molar-refractivity contribution in [2.75, 3.05) is 56.9 Å². The molecule has 13 nitrogen and oxygen atoms in total. The molecule has 0 radical (unpaired) electrons. The molecule has 2 bridgehead atoms. The first-order chi connectivity index (χ1) is 23.5. The Kier molecular flexibility index (Phi) is 8.56. The summed E-state index contributed by atoms with van der Waals surface area (Å²) in [5.41, 5.74) is 8.81. The monoisotopic (exact) mass is 668 g/mol. The predicted molar refractivity (Wildman–Crippen MR) is 189 cm³/mol. The molecule has 0 aromatic carbocycles. The molecule has 6 aliphatic rings. The van der Waals surface area contributed by atoms with Gasteiger partial charge in [0.05, 0.1) is 29.3 Å². The third kappa shape index (κ3) is 5.91. The average molecular weight is 669 g/mol. The standard InChI is InChI=1S/C36H48N10O3/c1-23(2)49-28-7-4-24(16-41-28)30(38)31-26(37)5-6-27(43-31)46-15-11-34(33(46)48)10-14-44(21-34)17-29(47)45-12-8-25(9-13-45)35-18-36(19-35,20-35)32(39)42-22-40-3/h4-8,16,22-23,29,38,47H,9-15,17-21,37H2,1-3H3,(H2,39,40,42)/t29?,34-,35?,36?/m0/s1. The number of ether oxygens (including phenoxy) is 1. The minimum atomic E-state index is -0.600. The Morgan fingerprint density at radius 1 is 1.14 bits per heavy atom. The van der Waals surface area contributed by atoms with Crippen LogP contribution in [-0.4, -0.2) is 107 Å². The van der Waals surface area contributed by atoms with Crippen molar-refractivity contribution in [1.29, 1.82) is 10.8 Å². The summed E-state index contributed by atoms with van der Waals surface area (Å²) in [6, 6.07) is 6.95. The van der Waals surface area contributed by atoms with Crippen molar-refractivity contribution < 1.29 is 14.6 Å². The number of likely N-dealkylation sites (tertiary alicyclic amines) is 1. The Morgan fingerprint density at radius 2 is 1.92 bits per heavy atom. The number of amidine groups is 1. The summed E-state index contributed by atoms with van der Waals surface area (Å²) >= 11 is 0. The van der Waals surface area contributed by atoms with Crippen molar-refractivity contribution in [3.8, 4) is 5.88 Å². The Morgan fingerprint density at radius 3 is 2.59 bits per heavy atom. The molecule has 1 amide bonds. The van der Waals surface area contributed by atoms with E-state index in [0.717, 1.165) is 58.2 Å². The van der Waals surface area contributed by atoms with Gasteiger partial charge in [0.15, 0.2) is 0 Å². The fraction of sp³-hybridized carbons (Fsp3) is 0.556. The summed E-state index contributed by atoms with van der Waals surface area (Å²) in [6.07, 6.45) is 10.3. The minimum Gasteiger partial charge on any atom is -0.475 e. The van der Waals surface area contributed by atoms with Gasteiger partial charge in [0.25, 0.3) is 0 Å². The first kappa shape index (κ1) is 33.3. The number of amides is 1. The van der Waals surface area contributed by atoms with Gasteiger partial charge in [0.1, 0.15) is 23.6 Å². The number of nitrogens with zero attached hydrogens (tertiary/aromatic N) is 6. The fourth-order valence-electron chi connectivity index (χ4n) is 8.75. The van der Waals surface area contributed by atoms with Gasteiger partial charge in [0, 0.05) is 63.0 Å². The van der Waals surface area contributed by atoms with Crippen LogP contribution in [0.2, 0.25) is 0 Å². The van der Waals surface area contributed by atoms with Crippen LogP contribution in [0.4, 0.5) is 11.5 Å². The average Bonchev–Trinajstić information content (AvgIpc) is 3.61. The van der Waals surface area contributed by atoms with Gasteiger partial charge in [-0.3, -0.25) is 30.3 Å². The van der Waals surface area contributed by atoms with Crippen molar-refractivity contribution in [3.05, 3.63) is 53.4 Å². The van der Waals surface area contributed by atoms with Gasteiger partial charge < -0.3 is 20.9 Å². The summed E-state index contributed by atoms with van der Waals surface area (Å²) in [5, 5.41) is 31.3. The molecule has 2 atom stereocenters. The van der Waals surface area contributed by atoms with E-state index in [1.165, 1.54) is 5.57 Å². The van der Waals surface area contributed by atoms with Crippen molar-refractivity contribution in [2.24, 2.45) is 21.2 Å². The number of carbonyl (C=O) groups is 1. The maximum Gasteiger partial charge on any atom is 0.235 e. The summed E-state index contributed by atoms with van der Waals surface area (Å²) in [5.74, 6) is 1.52. The minimum absolute atomic E-state index is 0.00483. The summed E-state index contributed by atoms with van der Waals surface area (Å²) in [7, 11) is 1.80. The third-order valence-electron chi connectivity index (χ3n) is 11.4. The van der Waals surface area contributed by atoms with Crippen molar-refractivity contribution in [3.63, 3.8) is 0 Å². The largest absolute Gasteiger partial charge is 0.475 e. The van der Waals surface area contributed by atoms with E-state index in [1.807, 2.05) is 13.8 Å². The van der Waals surface area contributed by atoms with Gasteiger partial charge in [0.2, 0.25) is 11.8 Å². The molecule has 2 aromatic heterocycles. The van der Waals surface area contributed by atoms with Gasteiger partial charge in [-0.25, -0.2) is 15.0 Å². The molecule has 49 heavy (non-hydrogen) atoms. The van der Waals surface area contributed by atoms with Gasteiger partial charge in [-0.05, 0) is 82.5 Å². The van der Waals surface area contributed by atoms with E-state index in [4.69, 9.17) is 26.3 Å². The lowest BCUT2D eigenvalue weighted by atomic mass is 9.32. The Balaban J connectivity index is 0.934. The van der Waals surface area contributed by atoms with Gasteiger partial charge in [-0.1, -0.05) is 11.6 Å². The molecule has 260 valence electrons. The second-order valence-corrected chi connectivity index (χ2v) is 14.9. The Labute approximate surface area is 287 Å². The lowest BCUT2D eigenvalue weighted by Crippen LogP contribution is -2.66. The van der Waals surface area contributed by atoms with Crippen LogP contribution in [0.5, 0.6) is 5.88 Å². The van der Waals surface area contributed by atoms with Crippen LogP contribution in [0, 0.1) is 27.1 Å². The summed E-state index contributed by atoms with van der Waals surface area (Å²) in [6.45, 7) is 7.81. The Bertz CT molecular complexity index is 1690. The highest BCUT2D eigenvalue weighted by atomic mass is 16.5. The number of nitrogens with two attached hydrogens (primary N) is 1. The molecule has 5 heterocycles. The van der Waals surface area contributed by atoms with E-state index in [2.05, 4.69) is 31.2 Å². The second kappa shape index (κ2) is 12.6. The summed E-state index contributed by atoms with van der Waals surface area (Å²) in [4.78, 5) is 33.3. The Hall–Kier alpha value is -4.20. The number of nitrogen functional groups attached to an aromatic ring is 1. The highest BCUT2D eigenvalue weighted by molar-refractivity contribution is 6.12. The van der Waals surface area contributed by atoms with Gasteiger partial charge in [-0.15, -0.1) is 0 Å². The molecule has 3 aliphatic carbocycles.